The molecule has 1 aromatic rings. The maximum absolute atomic E-state index is 8.71. The molecule has 0 radical (unpaired) electrons. The number of rotatable bonds is 6. The molecule has 0 fully saturated rings. The molecule has 0 bridgehead atoms. The second-order valence-corrected chi connectivity index (χ2v) is 5.05. The molecule has 0 saturated carbocycles. The maximum Gasteiger partial charge on any atom is 0.159 e. The molecule has 1 rings (SSSR count). The van der Waals surface area contributed by atoms with Crippen LogP contribution < -0.4 is 16.2 Å². The van der Waals surface area contributed by atoms with E-state index in [-0.39, 0.29) is 0 Å². The number of hydrazine groups is 1. The first-order valence-electron chi connectivity index (χ1n) is 5.69. The van der Waals surface area contributed by atoms with Crippen LogP contribution in [-0.2, 0) is 0 Å². The minimum absolute atomic E-state index is 0.453. The van der Waals surface area contributed by atoms with E-state index in [1.807, 2.05) is 0 Å². The number of nitrogen functional groups attached to an aromatic ring is 1. The van der Waals surface area contributed by atoms with E-state index >= 15 is 0 Å². The van der Waals surface area contributed by atoms with E-state index in [9.17, 15) is 0 Å². The van der Waals surface area contributed by atoms with E-state index in [0.717, 1.165) is 12.4 Å². The number of halogens is 1. The standard InChI is InChI=1S/C11H17BrN6/c1-8(2)6-18(5-3-4-13)11-9(12)10(17-14)15-7-16-11/h7-8H,3,5-6,14H2,1-2H3,(H,15,16,17). The average Bonchev–Trinajstić information content (AvgIpc) is 2.34. The number of anilines is 2. The fourth-order valence-electron chi connectivity index (χ4n) is 1.59. The van der Waals surface area contributed by atoms with Gasteiger partial charge in [-0.25, -0.2) is 15.8 Å². The van der Waals surface area contributed by atoms with Gasteiger partial charge in [-0.1, -0.05) is 13.8 Å². The number of nitrogens with zero attached hydrogens (tertiary/aromatic N) is 4. The summed E-state index contributed by atoms with van der Waals surface area (Å²) in [6, 6.07) is 2.15. The third kappa shape index (κ3) is 3.82. The van der Waals surface area contributed by atoms with Gasteiger partial charge in [0.25, 0.3) is 0 Å². The van der Waals surface area contributed by atoms with Crippen molar-refractivity contribution in [3.63, 3.8) is 0 Å². The minimum Gasteiger partial charge on any atom is -0.354 e. The first-order valence-corrected chi connectivity index (χ1v) is 6.48. The molecule has 0 saturated heterocycles. The highest BCUT2D eigenvalue weighted by molar-refractivity contribution is 9.10. The molecule has 0 unspecified atom stereocenters. The van der Waals surface area contributed by atoms with E-state index < -0.39 is 0 Å². The summed E-state index contributed by atoms with van der Waals surface area (Å²) in [4.78, 5) is 10.3. The Bertz CT molecular complexity index is 428. The van der Waals surface area contributed by atoms with Crippen molar-refractivity contribution in [2.24, 2.45) is 11.8 Å². The Labute approximate surface area is 115 Å². The molecule has 0 aromatic carbocycles. The van der Waals surface area contributed by atoms with Gasteiger partial charge in [0.1, 0.15) is 16.6 Å². The molecule has 0 spiro atoms. The maximum atomic E-state index is 8.71. The van der Waals surface area contributed by atoms with Crippen molar-refractivity contribution < 1.29 is 0 Å². The Morgan fingerprint density at radius 3 is 2.83 bits per heavy atom. The van der Waals surface area contributed by atoms with Crippen LogP contribution in [0.25, 0.3) is 0 Å². The summed E-state index contributed by atoms with van der Waals surface area (Å²) in [5, 5.41) is 8.71. The molecule has 98 valence electrons. The van der Waals surface area contributed by atoms with Crippen molar-refractivity contribution >= 4 is 27.6 Å². The van der Waals surface area contributed by atoms with Crippen molar-refractivity contribution in [2.45, 2.75) is 20.3 Å². The molecule has 0 aliphatic rings. The van der Waals surface area contributed by atoms with Crippen LogP contribution in [0, 0.1) is 17.2 Å². The number of aromatic nitrogens is 2. The molecule has 0 atom stereocenters. The predicted molar refractivity (Wildman–Crippen MR) is 74.8 cm³/mol. The summed E-state index contributed by atoms with van der Waals surface area (Å²) < 4.78 is 0.714. The highest BCUT2D eigenvalue weighted by Crippen LogP contribution is 2.29. The number of nitrogens with one attached hydrogen (secondary N) is 1. The Balaban J connectivity index is 3.00. The fraction of sp³-hybridized carbons (Fsp3) is 0.545. The van der Waals surface area contributed by atoms with Gasteiger partial charge >= 0.3 is 0 Å². The van der Waals surface area contributed by atoms with Crippen LogP contribution >= 0.6 is 15.9 Å². The lowest BCUT2D eigenvalue weighted by Crippen LogP contribution is -2.30. The molecule has 3 N–H and O–H groups in total. The van der Waals surface area contributed by atoms with Gasteiger partial charge in [0.15, 0.2) is 5.82 Å². The monoisotopic (exact) mass is 312 g/mol. The van der Waals surface area contributed by atoms with E-state index in [1.165, 1.54) is 6.33 Å². The van der Waals surface area contributed by atoms with Crippen LogP contribution in [0.2, 0.25) is 0 Å². The molecule has 7 heteroatoms. The van der Waals surface area contributed by atoms with Gasteiger partial charge < -0.3 is 10.3 Å². The van der Waals surface area contributed by atoms with Crippen LogP contribution in [0.3, 0.4) is 0 Å². The summed E-state index contributed by atoms with van der Waals surface area (Å²) in [5.74, 6) is 7.14. The van der Waals surface area contributed by atoms with Crippen LogP contribution in [0.4, 0.5) is 11.6 Å². The highest BCUT2D eigenvalue weighted by atomic mass is 79.9. The van der Waals surface area contributed by atoms with Crippen LogP contribution in [0.1, 0.15) is 20.3 Å². The number of nitriles is 1. The van der Waals surface area contributed by atoms with E-state index in [1.54, 1.807) is 0 Å². The Morgan fingerprint density at radius 2 is 2.28 bits per heavy atom. The third-order valence-electron chi connectivity index (χ3n) is 2.29. The van der Waals surface area contributed by atoms with Gasteiger partial charge in [-0.15, -0.1) is 0 Å². The summed E-state index contributed by atoms with van der Waals surface area (Å²) >= 11 is 3.43. The lowest BCUT2D eigenvalue weighted by Gasteiger charge is -2.25. The molecule has 0 aliphatic carbocycles. The second kappa shape index (κ2) is 7.13. The zero-order chi connectivity index (χ0) is 13.5. The van der Waals surface area contributed by atoms with Gasteiger partial charge in [-0.3, -0.25) is 0 Å². The van der Waals surface area contributed by atoms with Crippen molar-refractivity contribution in [3.05, 3.63) is 10.8 Å². The first-order chi connectivity index (χ1) is 8.60. The van der Waals surface area contributed by atoms with E-state index in [4.69, 9.17) is 11.1 Å². The molecule has 1 aromatic heterocycles. The van der Waals surface area contributed by atoms with Gasteiger partial charge in [-0.05, 0) is 21.8 Å². The topological polar surface area (TPSA) is 90.9 Å². The molecular weight excluding hydrogens is 296 g/mol. The smallest absolute Gasteiger partial charge is 0.159 e. The molecule has 0 aliphatic heterocycles. The van der Waals surface area contributed by atoms with Gasteiger partial charge in [-0.2, -0.15) is 5.26 Å². The second-order valence-electron chi connectivity index (χ2n) is 4.25. The van der Waals surface area contributed by atoms with Gasteiger partial charge in [0.2, 0.25) is 0 Å². The first kappa shape index (κ1) is 14.7. The molecule has 0 amide bonds. The van der Waals surface area contributed by atoms with Crippen LogP contribution in [0.15, 0.2) is 10.8 Å². The highest BCUT2D eigenvalue weighted by Gasteiger charge is 2.16. The predicted octanol–water partition coefficient (Wildman–Crippen LogP) is 1.90. The largest absolute Gasteiger partial charge is 0.354 e. The minimum atomic E-state index is 0.453. The van der Waals surface area contributed by atoms with Crippen molar-refractivity contribution in [3.8, 4) is 6.07 Å². The van der Waals surface area contributed by atoms with E-state index in [2.05, 4.69) is 56.1 Å². The average molecular weight is 313 g/mol. The normalized spacial score (nSPS) is 10.2. The molecular formula is C11H17BrN6. The lowest BCUT2D eigenvalue weighted by molar-refractivity contribution is 0.606. The fourth-order valence-corrected chi connectivity index (χ4v) is 2.16. The van der Waals surface area contributed by atoms with Crippen LogP contribution in [-0.4, -0.2) is 23.1 Å². The molecule has 1 heterocycles. The quantitative estimate of drug-likeness (QED) is 0.616. The van der Waals surface area contributed by atoms with Crippen LogP contribution in [0.5, 0.6) is 0 Å². The third-order valence-corrected chi connectivity index (χ3v) is 3.02. The summed E-state index contributed by atoms with van der Waals surface area (Å²) in [7, 11) is 0. The molecule has 6 nitrogen and oxygen atoms in total. The van der Waals surface area contributed by atoms with Crippen molar-refractivity contribution in [1.82, 2.24) is 9.97 Å². The summed E-state index contributed by atoms with van der Waals surface area (Å²) in [6.07, 6.45) is 1.91. The lowest BCUT2D eigenvalue weighted by atomic mass is 10.2. The number of nitrogens with two attached hydrogens (primary N) is 1. The summed E-state index contributed by atoms with van der Waals surface area (Å²) in [5.41, 5.74) is 2.51. The Morgan fingerprint density at radius 1 is 1.56 bits per heavy atom. The van der Waals surface area contributed by atoms with Gasteiger partial charge in [0, 0.05) is 13.1 Å². The number of hydrogen-bond acceptors (Lipinski definition) is 6. The van der Waals surface area contributed by atoms with E-state index in [0.29, 0.717) is 29.2 Å². The van der Waals surface area contributed by atoms with Crippen molar-refractivity contribution in [1.29, 1.82) is 5.26 Å². The molecule has 18 heavy (non-hydrogen) atoms. The zero-order valence-corrected chi connectivity index (χ0v) is 12.1. The Hall–Kier alpha value is -1.39. The number of hydrogen-bond donors (Lipinski definition) is 2. The Kier molecular flexibility index (Phi) is 5.82. The SMILES string of the molecule is CC(C)CN(CCC#N)c1ncnc(NN)c1Br. The van der Waals surface area contributed by atoms with Gasteiger partial charge in [0.05, 0.1) is 12.5 Å². The summed E-state index contributed by atoms with van der Waals surface area (Å²) in [6.45, 7) is 5.70. The zero-order valence-electron chi connectivity index (χ0n) is 10.5. The van der Waals surface area contributed by atoms with Crippen molar-refractivity contribution in [2.75, 3.05) is 23.4 Å².